The van der Waals surface area contributed by atoms with Gasteiger partial charge in [0.05, 0.1) is 12.1 Å². The molecule has 1 aromatic heterocycles. The van der Waals surface area contributed by atoms with Crippen molar-refractivity contribution in [1.82, 2.24) is 14.9 Å². The number of anilines is 3. The van der Waals surface area contributed by atoms with E-state index in [0.29, 0.717) is 10.8 Å². The largest absolute Gasteiger partial charge is 0.444 e. The Morgan fingerprint density at radius 1 is 1.14 bits per heavy atom. The number of aromatic nitrogens is 2. The van der Waals surface area contributed by atoms with Gasteiger partial charge in [0, 0.05) is 60.4 Å². The Kier molecular flexibility index (Phi) is 5.76. The summed E-state index contributed by atoms with van der Waals surface area (Å²) in [5, 5.41) is 1.54. The summed E-state index contributed by atoms with van der Waals surface area (Å²) < 4.78 is 5.49. The summed E-state index contributed by atoms with van der Waals surface area (Å²) >= 11 is 6.20. The number of amides is 1. The van der Waals surface area contributed by atoms with Gasteiger partial charge in [0.1, 0.15) is 17.2 Å². The Morgan fingerprint density at radius 3 is 2.57 bits per heavy atom. The Bertz CT molecular complexity index is 1280. The van der Waals surface area contributed by atoms with Crippen molar-refractivity contribution >= 4 is 45.8 Å². The van der Waals surface area contributed by atoms with Crippen LogP contribution in [0.4, 0.5) is 22.0 Å². The molecule has 3 aromatic rings. The minimum Gasteiger partial charge on any atom is -0.444 e. The van der Waals surface area contributed by atoms with E-state index in [1.54, 1.807) is 4.90 Å². The highest BCUT2D eigenvalue weighted by Crippen LogP contribution is 2.43. The van der Waals surface area contributed by atoms with Gasteiger partial charge in [-0.1, -0.05) is 17.7 Å². The number of likely N-dealkylation sites (tertiary alicyclic amines) is 1. The summed E-state index contributed by atoms with van der Waals surface area (Å²) in [6.07, 6.45) is -0.222. The van der Waals surface area contributed by atoms with Crippen LogP contribution in [0.2, 0.25) is 5.02 Å². The van der Waals surface area contributed by atoms with Crippen LogP contribution in [-0.2, 0) is 11.3 Å². The number of carbonyl (C=O) groups is 1. The molecule has 0 bridgehead atoms. The summed E-state index contributed by atoms with van der Waals surface area (Å²) in [7, 11) is 2.00. The van der Waals surface area contributed by atoms with Gasteiger partial charge < -0.3 is 25.2 Å². The monoisotopic (exact) mass is 494 g/mol. The minimum atomic E-state index is -0.468. The third-order valence-electron chi connectivity index (χ3n) is 6.52. The molecule has 2 aliphatic heterocycles. The Hall–Kier alpha value is -3.10. The zero-order chi connectivity index (χ0) is 25.0. The maximum atomic E-state index is 12.3. The van der Waals surface area contributed by atoms with Crippen molar-refractivity contribution in [1.29, 1.82) is 0 Å². The maximum Gasteiger partial charge on any atom is 0.410 e. The number of benzene rings is 2. The second-order valence-corrected chi connectivity index (χ2v) is 11.0. The quantitative estimate of drug-likeness (QED) is 0.568. The molecule has 9 heteroatoms. The standard InChI is InChI=1S/C26H31ClN6O2/c1-25(2,3)35-24(34)33-15-26(16-33)13-32(14-26)19-7-5-6-18(11-19)31(4)23-20-9-8-17(27)10-21(20)29-22(12-28)30-23/h5-11H,12-16,28H2,1-4H3. The molecule has 0 atom stereocenters. The molecule has 1 spiro atoms. The first-order valence-corrected chi connectivity index (χ1v) is 12.2. The molecule has 3 heterocycles. The fourth-order valence-electron chi connectivity index (χ4n) is 4.87. The van der Waals surface area contributed by atoms with Crippen LogP contribution in [0.15, 0.2) is 42.5 Å². The molecule has 35 heavy (non-hydrogen) atoms. The zero-order valence-corrected chi connectivity index (χ0v) is 21.3. The van der Waals surface area contributed by atoms with Crippen LogP contribution in [0.5, 0.6) is 0 Å². The van der Waals surface area contributed by atoms with Crippen LogP contribution >= 0.6 is 11.6 Å². The number of carbonyl (C=O) groups excluding carboxylic acids is 1. The molecule has 2 saturated heterocycles. The van der Waals surface area contributed by atoms with Crippen LogP contribution in [0.25, 0.3) is 10.9 Å². The molecule has 0 radical (unpaired) electrons. The summed E-state index contributed by atoms with van der Waals surface area (Å²) in [5.74, 6) is 1.36. The van der Waals surface area contributed by atoms with Crippen molar-refractivity contribution in [3.05, 3.63) is 53.3 Å². The number of rotatable bonds is 4. The van der Waals surface area contributed by atoms with Gasteiger partial charge in [0.25, 0.3) is 0 Å². The van der Waals surface area contributed by atoms with Gasteiger partial charge >= 0.3 is 6.09 Å². The van der Waals surface area contributed by atoms with E-state index < -0.39 is 5.60 Å². The van der Waals surface area contributed by atoms with Crippen LogP contribution in [0.1, 0.15) is 26.6 Å². The zero-order valence-electron chi connectivity index (χ0n) is 20.6. The number of ether oxygens (including phenoxy) is 1. The number of fused-ring (bicyclic) bond motifs is 1. The molecule has 2 fully saturated rings. The Morgan fingerprint density at radius 2 is 1.89 bits per heavy atom. The number of nitrogens with two attached hydrogens (primary N) is 1. The van der Waals surface area contributed by atoms with E-state index in [2.05, 4.69) is 39.0 Å². The van der Waals surface area contributed by atoms with Gasteiger partial charge in [-0.15, -0.1) is 0 Å². The summed E-state index contributed by atoms with van der Waals surface area (Å²) in [6, 6.07) is 14.1. The van der Waals surface area contributed by atoms with E-state index in [1.165, 1.54) is 0 Å². The van der Waals surface area contributed by atoms with Crippen molar-refractivity contribution < 1.29 is 9.53 Å². The molecule has 2 N–H and O–H groups in total. The normalized spacial score (nSPS) is 16.7. The van der Waals surface area contributed by atoms with Crippen LogP contribution < -0.4 is 15.5 Å². The summed E-state index contributed by atoms with van der Waals surface area (Å²) in [6.45, 7) is 9.27. The van der Waals surface area contributed by atoms with E-state index in [4.69, 9.17) is 27.1 Å². The number of halogens is 1. The fraction of sp³-hybridized carbons (Fsp3) is 0.423. The number of hydrogen-bond donors (Lipinski definition) is 1. The predicted molar refractivity (Wildman–Crippen MR) is 139 cm³/mol. The average molecular weight is 495 g/mol. The lowest BCUT2D eigenvalue weighted by atomic mass is 9.73. The molecule has 5 rings (SSSR count). The first-order valence-electron chi connectivity index (χ1n) is 11.8. The topological polar surface area (TPSA) is 87.8 Å². The first kappa shape index (κ1) is 23.6. The highest BCUT2D eigenvalue weighted by molar-refractivity contribution is 6.31. The fourth-order valence-corrected chi connectivity index (χ4v) is 5.03. The molecule has 8 nitrogen and oxygen atoms in total. The van der Waals surface area contributed by atoms with Crippen LogP contribution in [0.3, 0.4) is 0 Å². The molecule has 2 aromatic carbocycles. The summed E-state index contributed by atoms with van der Waals surface area (Å²) in [5.41, 5.74) is 8.50. The van der Waals surface area contributed by atoms with E-state index in [9.17, 15) is 4.79 Å². The second-order valence-electron chi connectivity index (χ2n) is 10.6. The molecule has 2 aliphatic rings. The SMILES string of the molecule is CN(c1cccc(N2CC3(CN(C(=O)OC(C)(C)C)C3)C2)c1)c1nc(CN)nc2cc(Cl)ccc12. The maximum absolute atomic E-state index is 12.3. The van der Waals surface area contributed by atoms with Crippen molar-refractivity contribution in [3.8, 4) is 0 Å². The van der Waals surface area contributed by atoms with E-state index in [0.717, 1.165) is 54.3 Å². The number of nitrogens with zero attached hydrogens (tertiary/aromatic N) is 5. The van der Waals surface area contributed by atoms with Crippen molar-refractivity contribution in [2.45, 2.75) is 32.9 Å². The highest BCUT2D eigenvalue weighted by Gasteiger charge is 2.54. The molecule has 0 saturated carbocycles. The lowest BCUT2D eigenvalue weighted by molar-refractivity contribution is -0.0452. The smallest absolute Gasteiger partial charge is 0.410 e. The Balaban J connectivity index is 1.30. The number of hydrogen-bond acceptors (Lipinski definition) is 7. The van der Waals surface area contributed by atoms with Crippen molar-refractivity contribution in [3.63, 3.8) is 0 Å². The van der Waals surface area contributed by atoms with Crippen molar-refractivity contribution in [2.75, 3.05) is 43.0 Å². The lowest BCUT2D eigenvalue weighted by Crippen LogP contribution is -2.73. The van der Waals surface area contributed by atoms with Gasteiger partial charge in [-0.3, -0.25) is 0 Å². The molecular weight excluding hydrogens is 464 g/mol. The van der Waals surface area contributed by atoms with Gasteiger partial charge in [0.15, 0.2) is 0 Å². The molecular formula is C26H31ClN6O2. The van der Waals surface area contributed by atoms with Crippen molar-refractivity contribution in [2.24, 2.45) is 11.1 Å². The summed E-state index contributed by atoms with van der Waals surface area (Å²) in [4.78, 5) is 27.8. The third-order valence-corrected chi connectivity index (χ3v) is 6.76. The first-order chi connectivity index (χ1) is 16.6. The van der Waals surface area contributed by atoms with Gasteiger partial charge in [-0.05, 0) is 57.2 Å². The van der Waals surface area contributed by atoms with Gasteiger partial charge in [-0.2, -0.15) is 0 Å². The van der Waals surface area contributed by atoms with Crippen LogP contribution in [-0.4, -0.2) is 59.8 Å². The molecule has 184 valence electrons. The molecule has 0 aliphatic carbocycles. The Labute approximate surface area is 210 Å². The highest BCUT2D eigenvalue weighted by atomic mass is 35.5. The van der Waals surface area contributed by atoms with E-state index in [-0.39, 0.29) is 18.1 Å². The van der Waals surface area contributed by atoms with Crippen LogP contribution in [0, 0.1) is 5.41 Å². The third kappa shape index (κ3) is 4.60. The lowest BCUT2D eigenvalue weighted by Gasteiger charge is -2.60. The molecule has 1 amide bonds. The predicted octanol–water partition coefficient (Wildman–Crippen LogP) is 4.57. The van der Waals surface area contributed by atoms with Gasteiger partial charge in [0.2, 0.25) is 0 Å². The van der Waals surface area contributed by atoms with E-state index in [1.807, 2.05) is 46.0 Å². The average Bonchev–Trinajstić information content (AvgIpc) is 2.74. The van der Waals surface area contributed by atoms with Gasteiger partial charge in [-0.25, -0.2) is 14.8 Å². The van der Waals surface area contributed by atoms with E-state index >= 15 is 0 Å². The second kappa shape index (κ2) is 8.53. The minimum absolute atomic E-state index is 0.164. The molecule has 0 unspecified atom stereocenters.